The summed E-state index contributed by atoms with van der Waals surface area (Å²) in [7, 11) is 0. The lowest BCUT2D eigenvalue weighted by molar-refractivity contribution is -0.143. The van der Waals surface area contributed by atoms with Crippen molar-refractivity contribution in [2.45, 2.75) is 31.7 Å². The zero-order chi connectivity index (χ0) is 19.1. The van der Waals surface area contributed by atoms with Gasteiger partial charge in [0.1, 0.15) is 0 Å². The van der Waals surface area contributed by atoms with Gasteiger partial charge >= 0.3 is 5.97 Å². The molecule has 0 spiro atoms. The third-order valence-electron chi connectivity index (χ3n) is 6.18. The van der Waals surface area contributed by atoms with Gasteiger partial charge in [-0.1, -0.05) is 67.1 Å². The van der Waals surface area contributed by atoms with Crippen LogP contribution in [0.4, 0.5) is 0 Å². The van der Waals surface area contributed by atoms with E-state index in [-0.39, 0.29) is 12.0 Å². The third-order valence-corrected chi connectivity index (χ3v) is 6.18. The minimum Gasteiger partial charge on any atom is -0.481 e. The summed E-state index contributed by atoms with van der Waals surface area (Å²) in [4.78, 5) is 11.7. The van der Waals surface area contributed by atoms with E-state index < -0.39 is 5.97 Å². The first kappa shape index (κ1) is 17.1. The fourth-order valence-electron chi connectivity index (χ4n) is 4.83. The molecule has 0 saturated heterocycles. The minimum atomic E-state index is -0.659. The van der Waals surface area contributed by atoms with Crippen molar-refractivity contribution in [2.75, 3.05) is 0 Å². The van der Waals surface area contributed by atoms with Gasteiger partial charge in [-0.3, -0.25) is 4.79 Å². The topological polar surface area (TPSA) is 42.2 Å². The Morgan fingerprint density at radius 1 is 0.893 bits per heavy atom. The molecule has 1 fully saturated rings. The Morgan fingerprint density at radius 2 is 1.68 bits per heavy atom. The minimum absolute atomic E-state index is 0.212. The van der Waals surface area contributed by atoms with Gasteiger partial charge in [-0.25, -0.2) is 0 Å². The number of nitrogens with zero attached hydrogens (tertiary/aromatic N) is 1. The maximum Gasteiger partial charge on any atom is 0.306 e. The van der Waals surface area contributed by atoms with Crippen LogP contribution in [0.5, 0.6) is 0 Å². The molecule has 0 bridgehead atoms. The highest BCUT2D eigenvalue weighted by atomic mass is 16.4. The normalized spacial score (nSPS) is 19.9. The lowest BCUT2D eigenvalue weighted by Gasteiger charge is -2.30. The van der Waals surface area contributed by atoms with Crippen molar-refractivity contribution < 1.29 is 9.90 Å². The monoisotopic (exact) mass is 369 g/mol. The molecule has 1 aliphatic carbocycles. The summed E-state index contributed by atoms with van der Waals surface area (Å²) in [6.45, 7) is 0. The van der Waals surface area contributed by atoms with Crippen molar-refractivity contribution >= 4 is 27.6 Å². The summed E-state index contributed by atoms with van der Waals surface area (Å²) in [6.07, 6.45) is 3.48. The Hall–Kier alpha value is -3.07. The smallest absolute Gasteiger partial charge is 0.306 e. The number of carboxylic acid groups (broad SMARTS) is 1. The SMILES string of the molecule is O=C(O)C1CCCC(n2c(-c3ccccc3)cc3c4ccccc4ccc32)C1. The molecule has 0 radical (unpaired) electrons. The molecule has 2 atom stereocenters. The lowest BCUT2D eigenvalue weighted by atomic mass is 9.85. The highest BCUT2D eigenvalue weighted by molar-refractivity contribution is 6.08. The summed E-state index contributed by atoms with van der Waals surface area (Å²) in [5, 5.41) is 13.3. The second kappa shape index (κ2) is 6.83. The molecule has 1 N–H and O–H groups in total. The Bertz CT molecular complexity index is 1160. The molecule has 3 heteroatoms. The quantitative estimate of drug-likeness (QED) is 0.462. The molecule has 5 rings (SSSR count). The number of benzene rings is 3. The molecule has 3 nitrogen and oxygen atoms in total. The van der Waals surface area contributed by atoms with Crippen LogP contribution in [0.3, 0.4) is 0 Å². The first-order valence-corrected chi connectivity index (χ1v) is 10.0. The van der Waals surface area contributed by atoms with Crippen molar-refractivity contribution in [1.29, 1.82) is 0 Å². The lowest BCUT2D eigenvalue weighted by Crippen LogP contribution is -2.25. The van der Waals surface area contributed by atoms with E-state index in [9.17, 15) is 9.90 Å². The van der Waals surface area contributed by atoms with Gasteiger partial charge in [0.2, 0.25) is 0 Å². The van der Waals surface area contributed by atoms with Crippen molar-refractivity contribution in [3.8, 4) is 11.3 Å². The number of fused-ring (bicyclic) bond motifs is 3. The Labute approximate surface area is 164 Å². The van der Waals surface area contributed by atoms with Crippen LogP contribution in [0, 0.1) is 5.92 Å². The van der Waals surface area contributed by atoms with E-state index in [0.717, 1.165) is 19.3 Å². The first-order valence-electron chi connectivity index (χ1n) is 10.0. The van der Waals surface area contributed by atoms with Crippen LogP contribution in [0.2, 0.25) is 0 Å². The van der Waals surface area contributed by atoms with Crippen LogP contribution in [0.25, 0.3) is 32.9 Å². The standard InChI is InChI=1S/C25H23NO2/c27-25(28)19-10-6-11-20(15-19)26-23-14-13-17-7-4-5-12-21(17)22(23)16-24(26)18-8-2-1-3-9-18/h1-5,7-9,12-14,16,19-20H,6,10-11,15H2,(H,27,28). The van der Waals surface area contributed by atoms with Gasteiger partial charge in [-0.2, -0.15) is 0 Å². The largest absolute Gasteiger partial charge is 0.481 e. The molecular weight excluding hydrogens is 346 g/mol. The Morgan fingerprint density at radius 3 is 2.50 bits per heavy atom. The second-order valence-corrected chi connectivity index (χ2v) is 7.84. The van der Waals surface area contributed by atoms with Crippen molar-refractivity contribution in [3.63, 3.8) is 0 Å². The van der Waals surface area contributed by atoms with Crippen LogP contribution in [-0.4, -0.2) is 15.6 Å². The Kier molecular flexibility index (Phi) is 4.16. The van der Waals surface area contributed by atoms with E-state index >= 15 is 0 Å². The van der Waals surface area contributed by atoms with E-state index in [1.54, 1.807) is 0 Å². The second-order valence-electron chi connectivity index (χ2n) is 7.84. The van der Waals surface area contributed by atoms with E-state index in [4.69, 9.17) is 0 Å². The number of rotatable bonds is 3. The molecule has 140 valence electrons. The van der Waals surface area contributed by atoms with Gasteiger partial charge in [0.25, 0.3) is 0 Å². The van der Waals surface area contributed by atoms with Gasteiger partial charge in [-0.15, -0.1) is 0 Å². The van der Waals surface area contributed by atoms with Gasteiger partial charge < -0.3 is 9.67 Å². The molecular formula is C25H23NO2. The van der Waals surface area contributed by atoms with Crippen LogP contribution in [0.15, 0.2) is 72.8 Å². The maximum atomic E-state index is 11.7. The predicted molar refractivity (Wildman–Crippen MR) is 114 cm³/mol. The Balaban J connectivity index is 1.76. The molecule has 1 aromatic heterocycles. The summed E-state index contributed by atoms with van der Waals surface area (Å²) in [5.74, 6) is -0.909. The molecule has 1 saturated carbocycles. The average molecular weight is 369 g/mol. The summed E-state index contributed by atoms with van der Waals surface area (Å²) in [5.41, 5.74) is 3.57. The number of hydrogen-bond acceptors (Lipinski definition) is 1. The van der Waals surface area contributed by atoms with Crippen LogP contribution >= 0.6 is 0 Å². The van der Waals surface area contributed by atoms with Crippen molar-refractivity contribution in [1.82, 2.24) is 4.57 Å². The summed E-state index contributed by atoms with van der Waals surface area (Å²) in [6, 6.07) is 25.8. The summed E-state index contributed by atoms with van der Waals surface area (Å²) >= 11 is 0. The maximum absolute atomic E-state index is 11.7. The van der Waals surface area contributed by atoms with Gasteiger partial charge in [0, 0.05) is 22.6 Å². The summed E-state index contributed by atoms with van der Waals surface area (Å²) < 4.78 is 2.41. The molecule has 0 aliphatic heterocycles. The molecule has 1 heterocycles. The number of hydrogen-bond donors (Lipinski definition) is 1. The number of aliphatic carboxylic acids is 1. The van der Waals surface area contributed by atoms with E-state index in [1.807, 2.05) is 6.07 Å². The van der Waals surface area contributed by atoms with Crippen molar-refractivity contribution in [2.24, 2.45) is 5.92 Å². The number of aromatic nitrogens is 1. The van der Waals surface area contributed by atoms with Crippen LogP contribution in [-0.2, 0) is 4.79 Å². The molecule has 0 amide bonds. The fourth-order valence-corrected chi connectivity index (χ4v) is 4.83. The van der Waals surface area contributed by atoms with Crippen molar-refractivity contribution in [3.05, 3.63) is 72.8 Å². The predicted octanol–water partition coefficient (Wildman–Crippen LogP) is 6.28. The molecule has 4 aromatic rings. The zero-order valence-electron chi connectivity index (χ0n) is 15.7. The van der Waals surface area contributed by atoms with Crippen LogP contribution < -0.4 is 0 Å². The van der Waals surface area contributed by atoms with E-state index in [0.29, 0.717) is 6.42 Å². The fraction of sp³-hybridized carbons (Fsp3) is 0.240. The molecule has 28 heavy (non-hydrogen) atoms. The number of carboxylic acids is 1. The highest BCUT2D eigenvalue weighted by Gasteiger charge is 2.30. The first-order chi connectivity index (χ1) is 13.7. The van der Waals surface area contributed by atoms with Crippen LogP contribution in [0.1, 0.15) is 31.7 Å². The molecule has 3 aromatic carbocycles. The number of carbonyl (C=O) groups is 1. The highest BCUT2D eigenvalue weighted by Crippen LogP contribution is 2.41. The zero-order valence-corrected chi connectivity index (χ0v) is 15.7. The van der Waals surface area contributed by atoms with Gasteiger partial charge in [0.15, 0.2) is 0 Å². The third kappa shape index (κ3) is 2.78. The van der Waals surface area contributed by atoms with E-state index in [1.165, 1.54) is 32.9 Å². The van der Waals surface area contributed by atoms with Gasteiger partial charge in [-0.05, 0) is 47.7 Å². The molecule has 1 aliphatic rings. The van der Waals surface area contributed by atoms with E-state index in [2.05, 4.69) is 71.3 Å². The average Bonchev–Trinajstić information content (AvgIpc) is 3.14. The van der Waals surface area contributed by atoms with Gasteiger partial charge in [0.05, 0.1) is 5.92 Å². The molecule has 2 unspecified atom stereocenters.